The molecule has 3 N–H and O–H groups in total. The minimum atomic E-state index is -0.604. The molecule has 4 nitrogen and oxygen atoms in total. The second kappa shape index (κ2) is 7.77. The van der Waals surface area contributed by atoms with Gasteiger partial charge in [-0.1, -0.05) is 23.3 Å². The zero-order chi connectivity index (χ0) is 14.3. The Labute approximate surface area is 115 Å². The molecule has 0 aromatic heterocycles. The van der Waals surface area contributed by atoms with Crippen molar-refractivity contribution in [1.82, 2.24) is 5.43 Å². The van der Waals surface area contributed by atoms with Crippen LogP contribution in [0.25, 0.3) is 0 Å². The van der Waals surface area contributed by atoms with E-state index in [4.69, 9.17) is 5.73 Å². The molecule has 106 valence electrons. The van der Waals surface area contributed by atoms with Crippen LogP contribution in [-0.4, -0.2) is 11.7 Å². The summed E-state index contributed by atoms with van der Waals surface area (Å²) in [4.78, 5) is 10.6. The highest BCUT2D eigenvalue weighted by Crippen LogP contribution is 2.27. The van der Waals surface area contributed by atoms with Crippen molar-refractivity contribution in [1.29, 1.82) is 0 Å². The van der Waals surface area contributed by atoms with Crippen molar-refractivity contribution in [3.63, 3.8) is 0 Å². The lowest BCUT2D eigenvalue weighted by molar-refractivity contribution is 0.249. The number of nitrogens with zero attached hydrogens (tertiary/aromatic N) is 1. The smallest absolute Gasteiger partial charge is 0.332 e. The van der Waals surface area contributed by atoms with E-state index in [1.807, 2.05) is 6.92 Å². The van der Waals surface area contributed by atoms with Crippen LogP contribution in [-0.2, 0) is 0 Å². The summed E-state index contributed by atoms with van der Waals surface area (Å²) in [6.45, 7) is 6.22. The predicted molar refractivity (Wildman–Crippen MR) is 79.9 cm³/mol. The van der Waals surface area contributed by atoms with Crippen molar-refractivity contribution >= 4 is 11.7 Å². The summed E-state index contributed by atoms with van der Waals surface area (Å²) >= 11 is 0. The number of nitrogens with one attached hydrogen (secondary N) is 1. The molecule has 0 aromatic rings. The van der Waals surface area contributed by atoms with Gasteiger partial charge in [0.1, 0.15) is 0 Å². The highest BCUT2D eigenvalue weighted by molar-refractivity contribution is 5.86. The highest BCUT2D eigenvalue weighted by atomic mass is 16.2. The molecule has 0 spiro atoms. The summed E-state index contributed by atoms with van der Waals surface area (Å²) in [7, 11) is 0. The maximum absolute atomic E-state index is 10.6. The molecule has 0 radical (unpaired) electrons. The first-order chi connectivity index (χ1) is 8.99. The Morgan fingerprint density at radius 2 is 2.26 bits per heavy atom. The lowest BCUT2D eigenvalue weighted by atomic mass is 9.85. The van der Waals surface area contributed by atoms with Crippen molar-refractivity contribution in [2.45, 2.75) is 52.9 Å². The predicted octanol–water partition coefficient (Wildman–Crippen LogP) is 3.50. The largest absolute Gasteiger partial charge is 0.350 e. The van der Waals surface area contributed by atoms with Crippen LogP contribution in [0.3, 0.4) is 0 Å². The second-order valence-electron chi connectivity index (χ2n) is 5.38. The summed E-state index contributed by atoms with van der Waals surface area (Å²) in [6.07, 6.45) is 10.2. The number of nitrogens with two attached hydrogens (primary N) is 1. The monoisotopic (exact) mass is 263 g/mol. The fraction of sp³-hybridized carbons (Fsp3) is 0.600. The van der Waals surface area contributed by atoms with Crippen LogP contribution < -0.4 is 11.2 Å². The van der Waals surface area contributed by atoms with E-state index in [1.165, 1.54) is 5.57 Å². The highest BCUT2D eigenvalue weighted by Gasteiger charge is 2.16. The average Bonchev–Trinajstić information content (AvgIpc) is 2.36. The maximum Gasteiger partial charge on any atom is 0.332 e. The van der Waals surface area contributed by atoms with Gasteiger partial charge in [0.15, 0.2) is 0 Å². The van der Waals surface area contributed by atoms with Gasteiger partial charge in [0.25, 0.3) is 0 Å². The van der Waals surface area contributed by atoms with Crippen LogP contribution in [0.2, 0.25) is 0 Å². The van der Waals surface area contributed by atoms with Gasteiger partial charge in [0.2, 0.25) is 0 Å². The molecule has 0 bridgehead atoms. The summed E-state index contributed by atoms with van der Waals surface area (Å²) < 4.78 is 0. The van der Waals surface area contributed by atoms with Gasteiger partial charge in [0, 0.05) is 11.6 Å². The standard InChI is InChI=1S/C15H25N3O/c1-11(2)5-4-6-13-7-9-14(10-8-13)12(3)17-18-15(16)19/h5,7,14H,4,6,8-10H2,1-3H3,(H3,16,18,19)/t14-/m0/s1. The molecule has 1 rings (SSSR count). The number of hydrogen-bond acceptors (Lipinski definition) is 2. The van der Waals surface area contributed by atoms with Crippen molar-refractivity contribution in [2.75, 3.05) is 0 Å². The number of carbonyl (C=O) groups excluding carboxylic acids is 1. The first kappa shape index (κ1) is 15.5. The molecule has 1 aliphatic carbocycles. The molecule has 1 atom stereocenters. The second-order valence-corrected chi connectivity index (χ2v) is 5.38. The van der Waals surface area contributed by atoms with E-state index in [0.29, 0.717) is 5.92 Å². The molecule has 0 aromatic carbocycles. The molecule has 4 heteroatoms. The molecule has 0 aliphatic heterocycles. The summed E-state index contributed by atoms with van der Waals surface area (Å²) in [6, 6.07) is -0.604. The molecule has 0 saturated heterocycles. The first-order valence-electron chi connectivity index (χ1n) is 6.90. The van der Waals surface area contributed by atoms with Crippen LogP contribution in [0.4, 0.5) is 4.79 Å². The Morgan fingerprint density at radius 3 is 2.79 bits per heavy atom. The van der Waals surface area contributed by atoms with Crippen LogP contribution in [0.1, 0.15) is 52.9 Å². The van der Waals surface area contributed by atoms with E-state index in [2.05, 4.69) is 36.5 Å². The number of rotatable bonds is 5. The SMILES string of the molecule is CC(C)=CCCC1=CC[C@H](C(C)=NNC(N)=O)CC1. The Bertz CT molecular complexity index is 404. The summed E-state index contributed by atoms with van der Waals surface area (Å²) in [5, 5.41) is 4.01. The van der Waals surface area contributed by atoms with Gasteiger partial charge in [-0.2, -0.15) is 5.10 Å². The van der Waals surface area contributed by atoms with E-state index in [0.717, 1.165) is 37.8 Å². The van der Waals surface area contributed by atoms with E-state index >= 15 is 0 Å². The fourth-order valence-electron chi connectivity index (χ4n) is 2.28. The zero-order valence-electron chi connectivity index (χ0n) is 12.2. The van der Waals surface area contributed by atoms with Crippen LogP contribution in [0.15, 0.2) is 28.4 Å². The lowest BCUT2D eigenvalue weighted by Gasteiger charge is -2.21. The summed E-state index contributed by atoms with van der Waals surface area (Å²) in [5.41, 5.74) is 11.2. The molecule has 2 amide bonds. The Hall–Kier alpha value is -1.58. The molecular formula is C15H25N3O. The maximum atomic E-state index is 10.6. The van der Waals surface area contributed by atoms with Gasteiger partial charge in [-0.25, -0.2) is 10.2 Å². The minimum Gasteiger partial charge on any atom is -0.350 e. The summed E-state index contributed by atoms with van der Waals surface area (Å²) in [5.74, 6) is 0.430. The van der Waals surface area contributed by atoms with Gasteiger partial charge < -0.3 is 5.73 Å². The molecular weight excluding hydrogens is 238 g/mol. The third kappa shape index (κ3) is 6.22. The molecule has 0 fully saturated rings. The third-order valence-corrected chi connectivity index (χ3v) is 3.46. The Kier molecular flexibility index (Phi) is 6.33. The quantitative estimate of drug-likeness (QED) is 0.445. The number of urea groups is 1. The van der Waals surface area contributed by atoms with Crippen molar-refractivity contribution in [2.24, 2.45) is 16.8 Å². The fourth-order valence-corrected chi connectivity index (χ4v) is 2.28. The number of hydrogen-bond donors (Lipinski definition) is 2. The number of primary amides is 1. The average molecular weight is 263 g/mol. The van der Waals surface area contributed by atoms with Gasteiger partial charge >= 0.3 is 6.03 Å². The van der Waals surface area contributed by atoms with E-state index in [9.17, 15) is 4.79 Å². The van der Waals surface area contributed by atoms with Crippen molar-refractivity contribution in [3.05, 3.63) is 23.3 Å². The van der Waals surface area contributed by atoms with Crippen LogP contribution >= 0.6 is 0 Å². The molecule has 0 unspecified atom stereocenters. The number of hydrazone groups is 1. The van der Waals surface area contributed by atoms with E-state index in [-0.39, 0.29) is 0 Å². The van der Waals surface area contributed by atoms with Crippen LogP contribution in [0.5, 0.6) is 0 Å². The van der Waals surface area contributed by atoms with Crippen molar-refractivity contribution < 1.29 is 4.79 Å². The molecule has 0 heterocycles. The normalized spacial score (nSPS) is 19.6. The van der Waals surface area contributed by atoms with Gasteiger partial charge in [-0.15, -0.1) is 0 Å². The third-order valence-electron chi connectivity index (χ3n) is 3.46. The lowest BCUT2D eigenvalue weighted by Crippen LogP contribution is -2.27. The Morgan fingerprint density at radius 1 is 1.53 bits per heavy atom. The van der Waals surface area contributed by atoms with Gasteiger partial charge in [-0.3, -0.25) is 0 Å². The molecule has 1 aliphatic rings. The number of carbonyl (C=O) groups is 1. The van der Waals surface area contributed by atoms with E-state index < -0.39 is 6.03 Å². The van der Waals surface area contributed by atoms with E-state index in [1.54, 1.807) is 5.57 Å². The molecule has 19 heavy (non-hydrogen) atoms. The molecule has 0 saturated carbocycles. The first-order valence-corrected chi connectivity index (χ1v) is 6.90. The van der Waals surface area contributed by atoms with Crippen molar-refractivity contribution in [3.8, 4) is 0 Å². The minimum absolute atomic E-state index is 0.430. The number of amides is 2. The van der Waals surface area contributed by atoms with Crippen LogP contribution in [0, 0.1) is 5.92 Å². The van der Waals surface area contributed by atoms with Gasteiger partial charge in [-0.05, 0) is 52.9 Å². The zero-order valence-corrected chi connectivity index (χ0v) is 12.2. The topological polar surface area (TPSA) is 67.5 Å². The number of allylic oxidation sites excluding steroid dienone is 4. The van der Waals surface area contributed by atoms with Gasteiger partial charge in [0.05, 0.1) is 0 Å². The Balaban J connectivity index is 2.42.